The van der Waals surface area contributed by atoms with Gasteiger partial charge in [0.15, 0.2) is 17.5 Å². The van der Waals surface area contributed by atoms with Gasteiger partial charge in [0.25, 0.3) is 5.69 Å². The second-order valence-electron chi connectivity index (χ2n) is 5.23. The molecule has 2 atom stereocenters. The van der Waals surface area contributed by atoms with E-state index in [0.717, 1.165) is 4.90 Å². The molecular weight excluding hydrogens is 311 g/mol. The van der Waals surface area contributed by atoms with Gasteiger partial charge in [-0.3, -0.25) is 10.1 Å². The molecule has 0 spiro atoms. The van der Waals surface area contributed by atoms with E-state index in [2.05, 4.69) is 0 Å². The molecule has 0 unspecified atom stereocenters. The number of carboxylic acid groups (broad SMARTS) is 1. The Morgan fingerprint density at radius 1 is 1.52 bits per heavy atom. The molecule has 122 valence electrons. The largest absolute Gasteiger partial charge is 0.483 e. The van der Waals surface area contributed by atoms with Gasteiger partial charge in [-0.25, -0.2) is 9.18 Å². The van der Waals surface area contributed by atoms with Gasteiger partial charge in [-0.15, -0.1) is 0 Å². The first-order valence-electron chi connectivity index (χ1n) is 6.90. The molecule has 1 aliphatic rings. The number of alkyl halides is 1. The third-order valence-electron chi connectivity index (χ3n) is 3.74. The Kier molecular flexibility index (Phi) is 3.77. The highest BCUT2D eigenvalue weighted by atomic mass is 19.1. The first kappa shape index (κ1) is 15.1. The lowest BCUT2D eigenvalue weighted by atomic mass is 10.1. The Labute approximate surface area is 129 Å². The summed E-state index contributed by atoms with van der Waals surface area (Å²) in [6.07, 6.45) is -2.08. The highest BCUT2D eigenvalue weighted by Crippen LogP contribution is 2.34. The maximum absolute atomic E-state index is 14.1. The van der Waals surface area contributed by atoms with Gasteiger partial charge in [0.1, 0.15) is 6.10 Å². The van der Waals surface area contributed by atoms with Crippen LogP contribution in [0.2, 0.25) is 0 Å². The number of rotatable bonds is 3. The summed E-state index contributed by atoms with van der Waals surface area (Å²) in [5, 5.41) is 20.3. The van der Waals surface area contributed by atoms with Gasteiger partial charge in [-0.1, -0.05) is 0 Å². The van der Waals surface area contributed by atoms with Crippen molar-refractivity contribution in [2.45, 2.75) is 18.7 Å². The number of piperidine rings is 1. The number of amides is 1. The molecule has 8 nitrogen and oxygen atoms in total. The molecule has 1 aromatic carbocycles. The number of likely N-dealkylation sites (tertiary alicyclic amines) is 1. The number of fused-ring (bicyclic) bond motifs is 1. The molecule has 2 heterocycles. The molecule has 1 aromatic heterocycles. The molecular formula is C14H13FN2O6. The summed E-state index contributed by atoms with van der Waals surface area (Å²) >= 11 is 0. The van der Waals surface area contributed by atoms with Crippen molar-refractivity contribution in [1.29, 1.82) is 0 Å². The van der Waals surface area contributed by atoms with Gasteiger partial charge in [-0.05, 0) is 6.07 Å². The lowest BCUT2D eigenvalue weighted by molar-refractivity contribution is -0.384. The van der Waals surface area contributed by atoms with E-state index < -0.39 is 23.3 Å². The number of halogens is 1. The average Bonchev–Trinajstić information content (AvgIpc) is 2.97. The van der Waals surface area contributed by atoms with Crippen LogP contribution in [0.5, 0.6) is 5.75 Å². The number of furan rings is 1. The van der Waals surface area contributed by atoms with Crippen LogP contribution in [0.3, 0.4) is 0 Å². The smallest absolute Gasteiger partial charge is 0.407 e. The first-order chi connectivity index (χ1) is 11.0. The second kappa shape index (κ2) is 5.75. The summed E-state index contributed by atoms with van der Waals surface area (Å²) in [7, 11) is 0. The Morgan fingerprint density at radius 2 is 2.30 bits per heavy atom. The molecule has 0 bridgehead atoms. The van der Waals surface area contributed by atoms with E-state index in [1.165, 1.54) is 18.4 Å². The van der Waals surface area contributed by atoms with Crippen LogP contribution in [0.1, 0.15) is 6.42 Å². The van der Waals surface area contributed by atoms with Gasteiger partial charge in [0.2, 0.25) is 0 Å². The first-order valence-corrected chi connectivity index (χ1v) is 6.90. The minimum atomic E-state index is -1.52. The topological polar surface area (TPSA) is 106 Å². The zero-order valence-corrected chi connectivity index (χ0v) is 11.8. The highest BCUT2D eigenvalue weighted by Gasteiger charge is 2.33. The van der Waals surface area contributed by atoms with E-state index in [-0.39, 0.29) is 30.9 Å². The molecule has 1 fully saturated rings. The van der Waals surface area contributed by atoms with E-state index in [1.807, 2.05) is 0 Å². The van der Waals surface area contributed by atoms with Gasteiger partial charge >= 0.3 is 6.09 Å². The van der Waals surface area contributed by atoms with Gasteiger partial charge in [-0.2, -0.15) is 0 Å². The van der Waals surface area contributed by atoms with E-state index >= 15 is 0 Å². The number of hydrogen-bond acceptors (Lipinski definition) is 5. The van der Waals surface area contributed by atoms with Crippen LogP contribution in [-0.2, 0) is 0 Å². The van der Waals surface area contributed by atoms with Gasteiger partial charge in [0, 0.05) is 24.4 Å². The summed E-state index contributed by atoms with van der Waals surface area (Å²) in [5.74, 6) is 0.0793. The summed E-state index contributed by atoms with van der Waals surface area (Å²) < 4.78 is 24.9. The van der Waals surface area contributed by atoms with Crippen LogP contribution in [0.15, 0.2) is 28.9 Å². The monoisotopic (exact) mass is 324 g/mol. The predicted molar refractivity (Wildman–Crippen MR) is 76.4 cm³/mol. The maximum Gasteiger partial charge on any atom is 0.407 e. The Balaban J connectivity index is 1.85. The zero-order chi connectivity index (χ0) is 16.6. The van der Waals surface area contributed by atoms with Crippen molar-refractivity contribution in [2.24, 2.45) is 0 Å². The fourth-order valence-electron chi connectivity index (χ4n) is 2.58. The molecule has 3 rings (SSSR count). The number of nitrogens with zero attached hydrogens (tertiary/aromatic N) is 2. The molecule has 1 N–H and O–H groups in total. The van der Waals surface area contributed by atoms with E-state index in [0.29, 0.717) is 11.0 Å². The third-order valence-corrected chi connectivity index (χ3v) is 3.74. The van der Waals surface area contributed by atoms with Crippen LogP contribution in [0.4, 0.5) is 14.9 Å². The Morgan fingerprint density at radius 3 is 2.96 bits per heavy atom. The zero-order valence-electron chi connectivity index (χ0n) is 11.8. The van der Waals surface area contributed by atoms with Crippen molar-refractivity contribution in [3.63, 3.8) is 0 Å². The predicted octanol–water partition coefficient (Wildman–Crippen LogP) is 2.81. The molecule has 1 saturated heterocycles. The van der Waals surface area contributed by atoms with E-state index in [9.17, 15) is 19.3 Å². The van der Waals surface area contributed by atoms with Crippen molar-refractivity contribution in [2.75, 3.05) is 13.1 Å². The molecule has 0 saturated carbocycles. The molecule has 0 radical (unpaired) electrons. The number of nitro groups is 1. The molecule has 1 aliphatic heterocycles. The number of carbonyl (C=O) groups is 1. The molecule has 9 heteroatoms. The highest BCUT2D eigenvalue weighted by molar-refractivity contribution is 5.85. The normalized spacial score (nSPS) is 21.3. The van der Waals surface area contributed by atoms with E-state index in [1.54, 1.807) is 6.07 Å². The fraction of sp³-hybridized carbons (Fsp3) is 0.357. The summed E-state index contributed by atoms with van der Waals surface area (Å²) in [6, 6.07) is 4.07. The van der Waals surface area contributed by atoms with Crippen LogP contribution >= 0.6 is 0 Å². The summed E-state index contributed by atoms with van der Waals surface area (Å²) in [4.78, 5) is 22.2. The van der Waals surface area contributed by atoms with Gasteiger partial charge in [0.05, 0.1) is 23.8 Å². The lowest BCUT2D eigenvalue weighted by Gasteiger charge is -2.32. The lowest BCUT2D eigenvalue weighted by Crippen LogP contribution is -2.48. The van der Waals surface area contributed by atoms with E-state index in [4.69, 9.17) is 14.3 Å². The van der Waals surface area contributed by atoms with Crippen LogP contribution in [0.25, 0.3) is 11.0 Å². The maximum atomic E-state index is 14.1. The Hall–Kier alpha value is -2.84. The molecule has 23 heavy (non-hydrogen) atoms. The minimum Gasteiger partial charge on any atom is -0.483 e. The second-order valence-corrected chi connectivity index (χ2v) is 5.23. The minimum absolute atomic E-state index is 0.0793. The Bertz CT molecular complexity index is 761. The number of ether oxygens (including phenoxy) is 1. The van der Waals surface area contributed by atoms with Crippen molar-refractivity contribution in [1.82, 2.24) is 4.90 Å². The van der Waals surface area contributed by atoms with Crippen LogP contribution in [-0.4, -0.2) is 46.4 Å². The van der Waals surface area contributed by atoms with Crippen molar-refractivity contribution >= 4 is 22.7 Å². The van der Waals surface area contributed by atoms with Crippen LogP contribution < -0.4 is 4.74 Å². The van der Waals surface area contributed by atoms with Gasteiger partial charge < -0.3 is 19.2 Å². The SMILES string of the molecule is O=C(O)N1CC[C@H](Oc2cc([N+](=O)[O-])cc3ccoc23)[C@@H](F)C1. The van der Waals surface area contributed by atoms with Crippen molar-refractivity contribution in [3.8, 4) is 5.75 Å². The third kappa shape index (κ3) is 2.89. The van der Waals surface area contributed by atoms with Crippen LogP contribution in [0, 0.1) is 10.1 Å². The molecule has 0 aliphatic carbocycles. The molecule has 1 amide bonds. The number of hydrogen-bond donors (Lipinski definition) is 1. The summed E-state index contributed by atoms with van der Waals surface area (Å²) in [6.45, 7) is -0.160. The average molecular weight is 324 g/mol. The number of non-ortho nitro benzene ring substituents is 1. The standard InChI is InChI=1S/C14H13FN2O6/c15-10-7-16(14(18)19)3-1-11(10)23-12-6-9(17(20)21)5-8-2-4-22-13(8)12/h2,4-6,10-11H,1,3,7H2,(H,18,19)/t10-,11-/m0/s1. The van der Waals surface area contributed by atoms with Crippen molar-refractivity contribution in [3.05, 3.63) is 34.6 Å². The number of benzene rings is 1. The number of nitro benzene ring substituents is 1. The summed E-state index contributed by atoms with van der Waals surface area (Å²) in [5.41, 5.74) is 0.107. The van der Waals surface area contributed by atoms with Crippen molar-refractivity contribution < 1.29 is 28.4 Å². The molecule has 2 aromatic rings. The quantitative estimate of drug-likeness (QED) is 0.687. The fourth-order valence-corrected chi connectivity index (χ4v) is 2.58.